The highest BCUT2D eigenvalue weighted by molar-refractivity contribution is 7.90. The van der Waals surface area contributed by atoms with E-state index in [1.807, 2.05) is 4.72 Å². The molecule has 2 aromatic carbocycles. The molecule has 124 valence electrons. The minimum Gasteiger partial charge on any atom is -0.482 e. The lowest BCUT2D eigenvalue weighted by molar-refractivity contribution is -0.118. The molecule has 3 rings (SSSR count). The zero-order chi connectivity index (χ0) is 17.3. The number of fused-ring (bicyclic) bond motifs is 1. The zero-order valence-electron chi connectivity index (χ0n) is 12.7. The van der Waals surface area contributed by atoms with E-state index in [9.17, 15) is 18.0 Å². The van der Waals surface area contributed by atoms with Gasteiger partial charge in [-0.25, -0.2) is 13.1 Å². The van der Waals surface area contributed by atoms with Gasteiger partial charge in [0.15, 0.2) is 6.61 Å². The second-order valence-corrected chi connectivity index (χ2v) is 6.98. The van der Waals surface area contributed by atoms with E-state index in [0.29, 0.717) is 11.4 Å². The van der Waals surface area contributed by atoms with Gasteiger partial charge in [0.05, 0.1) is 10.6 Å². The van der Waals surface area contributed by atoms with E-state index in [4.69, 9.17) is 4.74 Å². The van der Waals surface area contributed by atoms with Gasteiger partial charge in [-0.05, 0) is 42.8 Å². The lowest BCUT2D eigenvalue weighted by atomic mass is 10.1. The molecule has 0 fully saturated rings. The van der Waals surface area contributed by atoms with Crippen molar-refractivity contribution in [2.75, 3.05) is 11.9 Å². The summed E-state index contributed by atoms with van der Waals surface area (Å²) in [6, 6.07) is 10.5. The highest BCUT2D eigenvalue weighted by atomic mass is 32.2. The number of anilines is 1. The molecule has 0 unspecified atom stereocenters. The van der Waals surface area contributed by atoms with Gasteiger partial charge in [0.25, 0.3) is 21.8 Å². The SMILES string of the molecule is Cc1cccc(S(=O)(=O)NC(=O)c2ccc3c(c2)OCC(=O)N3)c1. The largest absolute Gasteiger partial charge is 0.482 e. The van der Waals surface area contributed by atoms with E-state index in [1.54, 1.807) is 19.1 Å². The topological polar surface area (TPSA) is 102 Å². The molecule has 2 aromatic rings. The number of amides is 2. The van der Waals surface area contributed by atoms with Crippen molar-refractivity contribution < 1.29 is 22.7 Å². The van der Waals surface area contributed by atoms with Crippen LogP contribution in [0.25, 0.3) is 0 Å². The molecular formula is C16H14N2O5S. The Bertz CT molecular complexity index is 937. The van der Waals surface area contributed by atoms with Crippen molar-refractivity contribution in [2.45, 2.75) is 11.8 Å². The Hall–Kier alpha value is -2.87. The third-order valence-corrected chi connectivity index (χ3v) is 4.73. The second-order valence-electron chi connectivity index (χ2n) is 5.30. The van der Waals surface area contributed by atoms with Crippen LogP contribution in [0, 0.1) is 6.92 Å². The average molecular weight is 346 g/mol. The Labute approximate surface area is 138 Å². The molecule has 1 heterocycles. The number of sulfonamides is 1. The molecule has 1 aliphatic rings. The summed E-state index contributed by atoms with van der Waals surface area (Å²) in [6.45, 7) is 1.61. The van der Waals surface area contributed by atoms with Crippen LogP contribution in [0.15, 0.2) is 47.4 Å². The predicted octanol–water partition coefficient (Wildman–Crippen LogP) is 1.44. The fraction of sp³-hybridized carbons (Fsp3) is 0.125. The minimum absolute atomic E-state index is 0.0114. The fourth-order valence-corrected chi connectivity index (χ4v) is 3.32. The first-order valence-electron chi connectivity index (χ1n) is 7.06. The molecule has 0 aliphatic carbocycles. The third-order valence-electron chi connectivity index (χ3n) is 3.40. The third kappa shape index (κ3) is 3.23. The smallest absolute Gasteiger partial charge is 0.265 e. The van der Waals surface area contributed by atoms with Crippen LogP contribution in [0.4, 0.5) is 5.69 Å². The zero-order valence-corrected chi connectivity index (χ0v) is 13.5. The first kappa shape index (κ1) is 16.0. The van der Waals surface area contributed by atoms with Crippen molar-refractivity contribution in [2.24, 2.45) is 0 Å². The van der Waals surface area contributed by atoms with Gasteiger partial charge in [-0.3, -0.25) is 9.59 Å². The summed E-state index contributed by atoms with van der Waals surface area (Å²) in [7, 11) is -3.97. The van der Waals surface area contributed by atoms with Gasteiger partial charge < -0.3 is 10.1 Å². The van der Waals surface area contributed by atoms with E-state index < -0.39 is 15.9 Å². The number of benzene rings is 2. The van der Waals surface area contributed by atoms with Crippen LogP contribution < -0.4 is 14.8 Å². The standard InChI is InChI=1S/C16H14N2O5S/c1-10-3-2-4-12(7-10)24(21,22)18-16(20)11-5-6-13-14(8-11)23-9-15(19)17-13/h2-8H,9H2,1H3,(H,17,19)(H,18,20). The molecule has 0 radical (unpaired) electrons. The fourth-order valence-electron chi connectivity index (χ4n) is 2.24. The summed E-state index contributed by atoms with van der Waals surface area (Å²) in [5.41, 5.74) is 1.31. The molecule has 0 bridgehead atoms. The van der Waals surface area contributed by atoms with Gasteiger partial charge in [-0.2, -0.15) is 0 Å². The molecule has 0 saturated heterocycles. The summed E-state index contributed by atoms with van der Waals surface area (Å²) < 4.78 is 31.8. The van der Waals surface area contributed by atoms with Crippen molar-refractivity contribution >= 4 is 27.5 Å². The summed E-state index contributed by atoms with van der Waals surface area (Å²) in [5.74, 6) is -0.753. The maximum atomic E-state index is 12.3. The van der Waals surface area contributed by atoms with Crippen molar-refractivity contribution in [3.8, 4) is 5.75 Å². The Morgan fingerprint density at radius 2 is 2.00 bits per heavy atom. The number of ether oxygens (including phenoxy) is 1. The van der Waals surface area contributed by atoms with Crippen molar-refractivity contribution in [1.82, 2.24) is 4.72 Å². The molecular weight excluding hydrogens is 332 g/mol. The minimum atomic E-state index is -3.97. The Balaban J connectivity index is 1.84. The summed E-state index contributed by atoms with van der Waals surface area (Å²) in [4.78, 5) is 23.5. The molecule has 1 aliphatic heterocycles. The average Bonchev–Trinajstić information content (AvgIpc) is 2.54. The van der Waals surface area contributed by atoms with E-state index >= 15 is 0 Å². The van der Waals surface area contributed by atoms with Gasteiger partial charge in [-0.15, -0.1) is 0 Å². The van der Waals surface area contributed by atoms with Crippen LogP contribution in [0.3, 0.4) is 0 Å². The number of carbonyl (C=O) groups is 2. The van der Waals surface area contributed by atoms with E-state index in [1.165, 1.54) is 30.3 Å². The van der Waals surface area contributed by atoms with Crippen molar-refractivity contribution in [3.05, 3.63) is 53.6 Å². The molecule has 0 saturated carbocycles. The molecule has 24 heavy (non-hydrogen) atoms. The summed E-state index contributed by atoms with van der Waals surface area (Å²) >= 11 is 0. The van der Waals surface area contributed by atoms with Crippen molar-refractivity contribution in [1.29, 1.82) is 0 Å². The van der Waals surface area contributed by atoms with Crippen LogP contribution in [-0.2, 0) is 14.8 Å². The van der Waals surface area contributed by atoms with Crippen LogP contribution in [0.1, 0.15) is 15.9 Å². The second kappa shape index (κ2) is 5.97. The quantitative estimate of drug-likeness (QED) is 0.876. The highest BCUT2D eigenvalue weighted by Crippen LogP contribution is 2.28. The maximum absolute atomic E-state index is 12.3. The number of aryl methyl sites for hydroxylation is 1. The molecule has 0 atom stereocenters. The van der Waals surface area contributed by atoms with E-state index in [2.05, 4.69) is 5.32 Å². The first-order valence-corrected chi connectivity index (χ1v) is 8.54. The van der Waals surface area contributed by atoms with Gasteiger partial charge in [-0.1, -0.05) is 12.1 Å². The number of hydrogen-bond acceptors (Lipinski definition) is 5. The first-order chi connectivity index (χ1) is 11.3. The van der Waals surface area contributed by atoms with Gasteiger partial charge >= 0.3 is 0 Å². The monoisotopic (exact) mass is 346 g/mol. The molecule has 2 N–H and O–H groups in total. The van der Waals surface area contributed by atoms with Crippen molar-refractivity contribution in [3.63, 3.8) is 0 Å². The van der Waals surface area contributed by atoms with E-state index in [-0.39, 0.29) is 23.0 Å². The number of hydrogen-bond donors (Lipinski definition) is 2. The normalized spacial score (nSPS) is 13.5. The predicted molar refractivity (Wildman–Crippen MR) is 86.4 cm³/mol. The van der Waals surface area contributed by atoms with Gasteiger partial charge in [0, 0.05) is 5.56 Å². The molecule has 7 nitrogen and oxygen atoms in total. The molecule has 0 aromatic heterocycles. The molecule has 0 spiro atoms. The lowest BCUT2D eigenvalue weighted by Gasteiger charge is -2.18. The molecule has 8 heteroatoms. The molecule has 2 amide bonds. The van der Waals surface area contributed by atoms with Crippen LogP contribution in [0.5, 0.6) is 5.75 Å². The number of nitrogens with one attached hydrogen (secondary N) is 2. The van der Waals surface area contributed by atoms with Crippen LogP contribution in [0.2, 0.25) is 0 Å². The van der Waals surface area contributed by atoms with Crippen LogP contribution in [-0.4, -0.2) is 26.8 Å². The van der Waals surface area contributed by atoms with E-state index in [0.717, 1.165) is 5.56 Å². The van der Waals surface area contributed by atoms with Gasteiger partial charge in [0.1, 0.15) is 5.75 Å². The Kier molecular flexibility index (Phi) is 3.98. The highest BCUT2D eigenvalue weighted by Gasteiger charge is 2.21. The maximum Gasteiger partial charge on any atom is 0.265 e. The lowest BCUT2D eigenvalue weighted by Crippen LogP contribution is -2.31. The van der Waals surface area contributed by atoms with Gasteiger partial charge in [0.2, 0.25) is 0 Å². The number of rotatable bonds is 3. The Morgan fingerprint density at radius 3 is 2.75 bits per heavy atom. The summed E-state index contributed by atoms with van der Waals surface area (Å²) in [5, 5.41) is 2.59. The number of carbonyl (C=O) groups excluding carboxylic acids is 2. The Morgan fingerprint density at radius 1 is 1.21 bits per heavy atom. The van der Waals surface area contributed by atoms with Crippen LogP contribution >= 0.6 is 0 Å². The summed E-state index contributed by atoms with van der Waals surface area (Å²) in [6.07, 6.45) is 0.